The molecule has 0 atom stereocenters. The van der Waals surface area contributed by atoms with Gasteiger partial charge in [-0.2, -0.15) is 0 Å². The molecule has 0 spiro atoms. The first-order chi connectivity index (χ1) is 10.2. The van der Waals surface area contributed by atoms with Crippen LogP contribution in [0.2, 0.25) is 0 Å². The van der Waals surface area contributed by atoms with E-state index < -0.39 is 0 Å². The Kier molecular flexibility index (Phi) is 5.54. The zero-order chi connectivity index (χ0) is 15.1. The number of rotatable bonds is 7. The Hall–Kier alpha value is -2.11. The molecule has 0 saturated heterocycles. The number of benzene rings is 2. The predicted molar refractivity (Wildman–Crippen MR) is 85.7 cm³/mol. The topological polar surface area (TPSA) is 64.7 Å². The number of hydrogen-bond donors (Lipinski definition) is 2. The third kappa shape index (κ3) is 4.44. The summed E-state index contributed by atoms with van der Waals surface area (Å²) in [6.07, 6.45) is 0. The van der Waals surface area contributed by atoms with E-state index in [1.54, 1.807) is 0 Å². The van der Waals surface area contributed by atoms with Gasteiger partial charge >= 0.3 is 0 Å². The smallest absolute Gasteiger partial charge is 0.129 e. The Labute approximate surface area is 129 Å². The third-order valence-electron chi connectivity index (χ3n) is 2.87. The molecule has 0 unspecified atom stereocenters. The van der Waals surface area contributed by atoms with Gasteiger partial charge in [0.05, 0.1) is 12.2 Å². The van der Waals surface area contributed by atoms with Gasteiger partial charge < -0.3 is 20.3 Å². The van der Waals surface area contributed by atoms with Crippen LogP contribution in [0.15, 0.2) is 48.5 Å². The number of ether oxygens (including phenoxy) is 2. The second-order valence-electron chi connectivity index (χ2n) is 4.36. The molecule has 0 aromatic heterocycles. The van der Waals surface area contributed by atoms with E-state index in [1.165, 1.54) is 0 Å². The summed E-state index contributed by atoms with van der Waals surface area (Å²) >= 11 is 4.97. The average Bonchev–Trinajstić information content (AvgIpc) is 2.52. The molecule has 2 aromatic carbocycles. The molecule has 5 heteroatoms. The van der Waals surface area contributed by atoms with Gasteiger partial charge in [0.15, 0.2) is 0 Å². The van der Waals surface area contributed by atoms with Crippen molar-refractivity contribution in [2.24, 2.45) is 5.73 Å². The highest BCUT2D eigenvalue weighted by Gasteiger charge is 2.05. The summed E-state index contributed by atoms with van der Waals surface area (Å²) in [6, 6.07) is 14.6. The summed E-state index contributed by atoms with van der Waals surface area (Å²) in [4.78, 5) is 0.311. The molecule has 0 aliphatic rings. The second kappa shape index (κ2) is 7.61. The molecule has 2 aromatic rings. The van der Waals surface area contributed by atoms with E-state index in [0.717, 1.165) is 16.9 Å². The highest BCUT2D eigenvalue weighted by Crippen LogP contribution is 2.18. The molecule has 21 heavy (non-hydrogen) atoms. The van der Waals surface area contributed by atoms with Crippen molar-refractivity contribution in [1.29, 1.82) is 0 Å². The second-order valence-corrected chi connectivity index (χ2v) is 4.80. The predicted octanol–water partition coefficient (Wildman–Crippen LogP) is 2.27. The van der Waals surface area contributed by atoms with E-state index in [-0.39, 0.29) is 6.61 Å². The lowest BCUT2D eigenvalue weighted by Crippen LogP contribution is -2.14. The summed E-state index contributed by atoms with van der Waals surface area (Å²) in [5.41, 5.74) is 7.21. The van der Waals surface area contributed by atoms with Gasteiger partial charge in [0.25, 0.3) is 0 Å². The fourth-order valence-corrected chi connectivity index (χ4v) is 1.97. The van der Waals surface area contributed by atoms with Crippen LogP contribution >= 0.6 is 12.2 Å². The van der Waals surface area contributed by atoms with Crippen LogP contribution in [0, 0.1) is 0 Å². The first kappa shape index (κ1) is 15.3. The highest BCUT2D eigenvalue weighted by atomic mass is 32.1. The van der Waals surface area contributed by atoms with Crippen molar-refractivity contribution >= 4 is 17.2 Å². The Bertz CT molecular complexity index is 599. The van der Waals surface area contributed by atoms with Crippen molar-refractivity contribution in [3.05, 3.63) is 59.7 Å². The third-order valence-corrected chi connectivity index (χ3v) is 3.09. The molecular formula is C16H17NO3S. The maximum absolute atomic E-state index is 8.96. The summed E-state index contributed by atoms with van der Waals surface area (Å²) < 4.78 is 11.2. The molecule has 0 amide bonds. The number of nitrogens with two attached hydrogens (primary N) is 1. The Balaban J connectivity index is 1.83. The van der Waals surface area contributed by atoms with Gasteiger partial charge in [-0.3, -0.25) is 0 Å². The lowest BCUT2D eigenvalue weighted by Gasteiger charge is -2.11. The quantitative estimate of drug-likeness (QED) is 0.607. The lowest BCUT2D eigenvalue weighted by atomic mass is 10.2. The van der Waals surface area contributed by atoms with E-state index in [1.807, 2.05) is 48.5 Å². The minimum absolute atomic E-state index is 0.0270. The van der Waals surface area contributed by atoms with Crippen molar-refractivity contribution in [3.63, 3.8) is 0 Å². The zero-order valence-electron chi connectivity index (χ0n) is 11.5. The van der Waals surface area contributed by atoms with Gasteiger partial charge in [-0.15, -0.1) is 0 Å². The zero-order valence-corrected chi connectivity index (χ0v) is 12.3. The Morgan fingerprint density at radius 2 is 1.67 bits per heavy atom. The average molecular weight is 303 g/mol. The van der Waals surface area contributed by atoms with Crippen LogP contribution < -0.4 is 15.2 Å². The van der Waals surface area contributed by atoms with Crippen LogP contribution in [0.25, 0.3) is 0 Å². The first-order valence-electron chi connectivity index (χ1n) is 6.55. The molecule has 110 valence electrons. The first-order valence-corrected chi connectivity index (χ1v) is 6.96. The molecule has 0 aliphatic carbocycles. The van der Waals surface area contributed by atoms with Crippen LogP contribution in [-0.4, -0.2) is 23.3 Å². The molecular weight excluding hydrogens is 286 g/mol. The van der Waals surface area contributed by atoms with E-state index in [4.69, 9.17) is 32.5 Å². The van der Waals surface area contributed by atoms with Crippen molar-refractivity contribution in [2.45, 2.75) is 6.61 Å². The molecule has 4 nitrogen and oxygen atoms in total. The monoisotopic (exact) mass is 303 g/mol. The van der Waals surface area contributed by atoms with Crippen LogP contribution in [0.4, 0.5) is 0 Å². The lowest BCUT2D eigenvalue weighted by molar-refractivity contribution is 0.217. The standard InChI is InChI=1S/C16H17NO3S/c17-16(21)14-3-1-2-4-15(14)20-10-9-19-13-7-5-12(11-18)6-8-13/h1-8,18H,9-11H2,(H2,17,21). The summed E-state index contributed by atoms with van der Waals surface area (Å²) in [5, 5.41) is 8.96. The molecule has 3 N–H and O–H groups in total. The van der Waals surface area contributed by atoms with Crippen LogP contribution in [-0.2, 0) is 6.61 Å². The molecule has 0 aliphatic heterocycles. The number of thiocarbonyl (C=S) groups is 1. The van der Waals surface area contributed by atoms with Gasteiger partial charge in [0.1, 0.15) is 29.7 Å². The van der Waals surface area contributed by atoms with E-state index in [0.29, 0.717) is 24.0 Å². The molecule has 0 saturated carbocycles. The SMILES string of the molecule is NC(=S)c1ccccc1OCCOc1ccc(CO)cc1. The molecule has 0 bridgehead atoms. The van der Waals surface area contributed by atoms with Crippen LogP contribution in [0.5, 0.6) is 11.5 Å². The fourth-order valence-electron chi connectivity index (χ4n) is 1.80. The van der Waals surface area contributed by atoms with E-state index >= 15 is 0 Å². The van der Waals surface area contributed by atoms with E-state index in [2.05, 4.69) is 0 Å². The molecule has 2 rings (SSSR count). The summed E-state index contributed by atoms with van der Waals surface area (Å²) in [6.45, 7) is 0.824. The molecule has 0 heterocycles. The summed E-state index contributed by atoms with van der Waals surface area (Å²) in [5.74, 6) is 1.39. The Morgan fingerprint density at radius 3 is 2.33 bits per heavy atom. The number of aliphatic hydroxyl groups excluding tert-OH is 1. The van der Waals surface area contributed by atoms with E-state index in [9.17, 15) is 0 Å². The number of hydrogen-bond acceptors (Lipinski definition) is 4. The maximum Gasteiger partial charge on any atom is 0.129 e. The highest BCUT2D eigenvalue weighted by molar-refractivity contribution is 7.80. The number of aliphatic hydroxyl groups is 1. The maximum atomic E-state index is 8.96. The summed E-state index contributed by atoms with van der Waals surface area (Å²) in [7, 11) is 0. The fraction of sp³-hybridized carbons (Fsp3) is 0.188. The van der Waals surface area contributed by atoms with Crippen LogP contribution in [0.1, 0.15) is 11.1 Å². The molecule has 0 radical (unpaired) electrons. The van der Waals surface area contributed by atoms with Crippen molar-refractivity contribution in [2.75, 3.05) is 13.2 Å². The van der Waals surface area contributed by atoms with Crippen LogP contribution in [0.3, 0.4) is 0 Å². The van der Waals surface area contributed by atoms with Gasteiger partial charge in [-0.25, -0.2) is 0 Å². The van der Waals surface area contributed by atoms with Crippen molar-refractivity contribution in [3.8, 4) is 11.5 Å². The van der Waals surface area contributed by atoms with Gasteiger partial charge in [-0.05, 0) is 29.8 Å². The Morgan fingerprint density at radius 1 is 1.00 bits per heavy atom. The normalized spacial score (nSPS) is 10.1. The minimum Gasteiger partial charge on any atom is -0.490 e. The minimum atomic E-state index is 0.0270. The van der Waals surface area contributed by atoms with Gasteiger partial charge in [0, 0.05) is 0 Å². The number of para-hydroxylation sites is 1. The van der Waals surface area contributed by atoms with Crippen molar-refractivity contribution < 1.29 is 14.6 Å². The van der Waals surface area contributed by atoms with Gasteiger partial charge in [-0.1, -0.05) is 36.5 Å². The van der Waals surface area contributed by atoms with Crippen molar-refractivity contribution in [1.82, 2.24) is 0 Å². The molecule has 0 fully saturated rings. The largest absolute Gasteiger partial charge is 0.490 e. The van der Waals surface area contributed by atoms with Gasteiger partial charge in [0.2, 0.25) is 0 Å².